The van der Waals surface area contributed by atoms with Crippen LogP contribution < -0.4 is 0 Å². The van der Waals surface area contributed by atoms with Crippen LogP contribution in [0.15, 0.2) is 91.8 Å². The van der Waals surface area contributed by atoms with Gasteiger partial charge in [-0.15, -0.1) is 50.9 Å². The van der Waals surface area contributed by atoms with Gasteiger partial charge in [0.2, 0.25) is 0 Å². The van der Waals surface area contributed by atoms with Crippen LogP contribution in [0.25, 0.3) is 0 Å². The summed E-state index contributed by atoms with van der Waals surface area (Å²) in [6.07, 6.45) is 11.0. The van der Waals surface area contributed by atoms with E-state index in [0.29, 0.717) is 6.42 Å². The van der Waals surface area contributed by atoms with Crippen molar-refractivity contribution in [2.24, 2.45) is 0 Å². The first kappa shape index (κ1) is 34.3. The fourth-order valence-corrected chi connectivity index (χ4v) is 1.71. The average molecular weight is 604 g/mol. The fraction of sp³-hybridized carbons (Fsp3) is 0.167. The van der Waals surface area contributed by atoms with Gasteiger partial charge in [-0.1, -0.05) is 25.1 Å². The number of aromatic nitrogens is 3. The van der Waals surface area contributed by atoms with Crippen LogP contribution in [0.4, 0.5) is 0 Å². The largest absolute Gasteiger partial charge is 0.286 e. The summed E-state index contributed by atoms with van der Waals surface area (Å²) in [7, 11) is -3.67. The number of hydrogen-bond donors (Lipinski definition) is 1. The molecule has 0 radical (unpaired) electrons. The number of hydrogen-bond acceptors (Lipinski definition) is 5. The van der Waals surface area contributed by atoms with Gasteiger partial charge in [-0.2, -0.15) is 8.42 Å². The highest BCUT2D eigenvalue weighted by Gasteiger charge is 1.98. The number of rotatable bonds is 2. The van der Waals surface area contributed by atoms with Crippen LogP contribution in [0.3, 0.4) is 0 Å². The Morgan fingerprint density at radius 2 is 0.857 bits per heavy atom. The van der Waals surface area contributed by atoms with Crippen molar-refractivity contribution in [1.29, 1.82) is 0 Å². The van der Waals surface area contributed by atoms with Crippen molar-refractivity contribution in [3.8, 4) is 0 Å². The van der Waals surface area contributed by atoms with E-state index < -0.39 is 10.1 Å². The minimum Gasteiger partial charge on any atom is -0.286 e. The van der Waals surface area contributed by atoms with Crippen molar-refractivity contribution in [1.82, 2.24) is 15.0 Å². The van der Waals surface area contributed by atoms with Gasteiger partial charge in [-0.25, -0.2) is 0 Å². The average Bonchev–Trinajstić information content (AvgIpc) is 2.67. The molecule has 3 aromatic rings. The van der Waals surface area contributed by atoms with Gasteiger partial charge in [0.1, 0.15) is 0 Å². The Morgan fingerprint density at radius 3 is 0.893 bits per heavy atom. The lowest BCUT2D eigenvalue weighted by Gasteiger charge is -1.85. The first-order chi connectivity index (χ1) is 12.1. The second-order valence-electron chi connectivity index (χ2n) is 4.36. The zero-order valence-electron chi connectivity index (χ0n) is 15.3. The normalized spacial score (nSPS) is 8.07. The SMILES string of the molecule is Br.Br.Br.CCCS(=O)(=O)O.c1ccncc1.c1ccncc1.c1ccncc1. The van der Waals surface area contributed by atoms with Crippen LogP contribution in [0.1, 0.15) is 13.3 Å². The Kier molecular flexibility index (Phi) is 31.6. The molecule has 0 aromatic carbocycles. The third-order valence-electron chi connectivity index (χ3n) is 2.16. The van der Waals surface area contributed by atoms with Gasteiger partial charge < -0.3 is 0 Å². The quantitative estimate of drug-likeness (QED) is 0.402. The van der Waals surface area contributed by atoms with Crippen LogP contribution in [0, 0.1) is 0 Å². The van der Waals surface area contributed by atoms with Crippen LogP contribution in [0.5, 0.6) is 0 Å². The number of pyridine rings is 3. The van der Waals surface area contributed by atoms with Crippen molar-refractivity contribution in [2.45, 2.75) is 13.3 Å². The highest BCUT2D eigenvalue weighted by Crippen LogP contribution is 1.83. The van der Waals surface area contributed by atoms with E-state index in [2.05, 4.69) is 15.0 Å². The van der Waals surface area contributed by atoms with E-state index in [1.54, 1.807) is 44.1 Å². The third-order valence-corrected chi connectivity index (χ3v) is 3.09. The monoisotopic (exact) mass is 601 g/mol. The van der Waals surface area contributed by atoms with Crippen molar-refractivity contribution in [3.63, 3.8) is 0 Å². The Bertz CT molecular complexity index is 556. The van der Waals surface area contributed by atoms with Crippen molar-refractivity contribution < 1.29 is 13.0 Å². The molecule has 0 saturated heterocycles. The highest BCUT2D eigenvalue weighted by atomic mass is 79.9. The number of nitrogens with zero attached hydrogens (tertiary/aromatic N) is 3. The molecular formula is C18H26Br3N3O3S. The maximum Gasteiger partial charge on any atom is 0.264 e. The summed E-state index contributed by atoms with van der Waals surface area (Å²) in [5.74, 6) is -0.132. The summed E-state index contributed by atoms with van der Waals surface area (Å²) in [6.45, 7) is 1.69. The molecule has 0 saturated carbocycles. The van der Waals surface area contributed by atoms with Crippen molar-refractivity contribution >= 4 is 61.1 Å². The molecule has 0 aliphatic heterocycles. The molecule has 0 unspecified atom stereocenters. The maximum absolute atomic E-state index is 9.79. The zero-order valence-corrected chi connectivity index (χ0v) is 21.3. The summed E-state index contributed by atoms with van der Waals surface area (Å²) >= 11 is 0. The molecule has 0 atom stereocenters. The smallest absolute Gasteiger partial charge is 0.264 e. The van der Waals surface area contributed by atoms with Crippen LogP contribution in [-0.2, 0) is 10.1 Å². The van der Waals surface area contributed by atoms with Gasteiger partial charge in [0.05, 0.1) is 5.75 Å². The van der Waals surface area contributed by atoms with Crippen LogP contribution >= 0.6 is 50.9 Å². The predicted molar refractivity (Wildman–Crippen MR) is 130 cm³/mol. The summed E-state index contributed by atoms with van der Waals surface area (Å²) in [4.78, 5) is 11.4. The molecule has 158 valence electrons. The predicted octanol–water partition coefficient (Wildman–Crippen LogP) is 5.26. The van der Waals surface area contributed by atoms with Crippen molar-refractivity contribution in [3.05, 3.63) is 91.8 Å². The number of halogens is 3. The standard InChI is InChI=1S/3C5H5N.C3H8O3S.3BrH/c3*1-2-4-6-5-3-1;1-2-3-7(4,5)6;;;/h3*1-5H;2-3H2,1H3,(H,4,5,6);3*1H. The lowest BCUT2D eigenvalue weighted by Crippen LogP contribution is -2.01. The van der Waals surface area contributed by atoms with E-state index in [0.717, 1.165) is 0 Å². The van der Waals surface area contributed by atoms with Gasteiger partial charge in [0.15, 0.2) is 0 Å². The summed E-state index contributed by atoms with van der Waals surface area (Å²) in [5.41, 5.74) is 0. The van der Waals surface area contributed by atoms with E-state index in [1.165, 1.54) is 0 Å². The zero-order chi connectivity index (χ0) is 18.6. The summed E-state index contributed by atoms with van der Waals surface area (Å²) in [5, 5.41) is 0. The van der Waals surface area contributed by atoms with E-state index in [1.807, 2.05) is 54.6 Å². The second-order valence-corrected chi connectivity index (χ2v) is 5.93. The molecule has 3 aromatic heterocycles. The Morgan fingerprint density at radius 1 is 0.607 bits per heavy atom. The molecule has 3 rings (SSSR count). The molecule has 0 aliphatic carbocycles. The molecule has 0 aliphatic rings. The van der Waals surface area contributed by atoms with E-state index in [-0.39, 0.29) is 56.7 Å². The van der Waals surface area contributed by atoms with E-state index in [4.69, 9.17) is 4.55 Å². The lowest BCUT2D eigenvalue weighted by molar-refractivity contribution is 0.482. The molecule has 0 spiro atoms. The molecule has 1 N–H and O–H groups in total. The first-order valence-corrected chi connectivity index (χ1v) is 9.17. The highest BCUT2D eigenvalue weighted by molar-refractivity contribution is 8.93. The van der Waals surface area contributed by atoms with Gasteiger partial charge in [-0.05, 0) is 42.8 Å². The minimum atomic E-state index is -3.67. The van der Waals surface area contributed by atoms with Gasteiger partial charge in [0.25, 0.3) is 10.1 Å². The van der Waals surface area contributed by atoms with Crippen molar-refractivity contribution in [2.75, 3.05) is 5.75 Å². The fourth-order valence-electron chi connectivity index (χ4n) is 1.20. The molecule has 10 heteroatoms. The maximum atomic E-state index is 9.79. The summed E-state index contributed by atoms with van der Waals surface area (Å²) < 4.78 is 27.6. The van der Waals surface area contributed by atoms with Gasteiger partial charge in [0, 0.05) is 37.2 Å². The Balaban J connectivity index is -0.000000132. The lowest BCUT2D eigenvalue weighted by atomic mass is 10.5. The van der Waals surface area contributed by atoms with Gasteiger partial charge >= 0.3 is 0 Å². The van der Waals surface area contributed by atoms with E-state index >= 15 is 0 Å². The Labute approximate surface area is 198 Å². The molecular weight excluding hydrogens is 578 g/mol. The molecule has 0 bridgehead atoms. The molecule has 0 fully saturated rings. The summed E-state index contributed by atoms with van der Waals surface area (Å²) in [6, 6.07) is 17.1. The minimum absolute atomic E-state index is 0. The molecule has 0 amide bonds. The molecule has 28 heavy (non-hydrogen) atoms. The third kappa shape index (κ3) is 32.5. The Hall–Kier alpha value is -1.20. The first-order valence-electron chi connectivity index (χ1n) is 7.56. The van der Waals surface area contributed by atoms with E-state index in [9.17, 15) is 8.42 Å². The van der Waals surface area contributed by atoms with Crippen LogP contribution in [0.2, 0.25) is 0 Å². The molecule has 6 nitrogen and oxygen atoms in total. The van der Waals surface area contributed by atoms with Crippen LogP contribution in [-0.4, -0.2) is 33.7 Å². The topological polar surface area (TPSA) is 93.0 Å². The van der Waals surface area contributed by atoms with Gasteiger partial charge in [-0.3, -0.25) is 19.5 Å². The molecule has 3 heterocycles. The second kappa shape index (κ2) is 25.8.